The van der Waals surface area contributed by atoms with Gasteiger partial charge in [0.2, 0.25) is 5.91 Å². The van der Waals surface area contributed by atoms with Gasteiger partial charge in [-0.15, -0.1) is 10.2 Å². The fourth-order valence-corrected chi connectivity index (χ4v) is 3.46. The Balaban J connectivity index is 1.58. The molecule has 0 aliphatic rings. The summed E-state index contributed by atoms with van der Waals surface area (Å²) in [5.74, 6) is 2.24. The van der Waals surface area contributed by atoms with Crippen LogP contribution in [0.5, 0.6) is 0 Å². The maximum absolute atomic E-state index is 12.3. The molecule has 0 saturated heterocycles. The Kier molecular flexibility index (Phi) is 6.01. The number of furan rings is 1. The lowest BCUT2D eigenvalue weighted by atomic mass is 9.99. The SMILES string of the molecule is CCC(C)c1ccc(NC(=O)CSc2nnc(-c3ccoc3C)n2C)cc1. The number of anilines is 1. The molecule has 0 fully saturated rings. The molecule has 1 unspecified atom stereocenters. The Morgan fingerprint density at radius 3 is 2.63 bits per heavy atom. The summed E-state index contributed by atoms with van der Waals surface area (Å²) in [5, 5.41) is 12.0. The Hall–Kier alpha value is -2.54. The molecule has 0 saturated carbocycles. The smallest absolute Gasteiger partial charge is 0.234 e. The number of benzene rings is 1. The first-order chi connectivity index (χ1) is 13.0. The molecule has 0 aliphatic heterocycles. The van der Waals surface area contributed by atoms with Crippen LogP contribution in [-0.4, -0.2) is 26.4 Å². The number of amides is 1. The quantitative estimate of drug-likeness (QED) is 0.601. The third-order valence-electron chi connectivity index (χ3n) is 4.64. The van der Waals surface area contributed by atoms with E-state index in [0.29, 0.717) is 11.1 Å². The van der Waals surface area contributed by atoms with Crippen molar-refractivity contribution in [2.45, 2.75) is 38.3 Å². The summed E-state index contributed by atoms with van der Waals surface area (Å²) >= 11 is 1.36. The third-order valence-corrected chi connectivity index (χ3v) is 5.66. The lowest BCUT2D eigenvalue weighted by Crippen LogP contribution is -2.14. The molecule has 1 atom stereocenters. The Morgan fingerprint density at radius 1 is 1.26 bits per heavy atom. The summed E-state index contributed by atoms with van der Waals surface area (Å²) in [6.45, 7) is 6.25. The van der Waals surface area contributed by atoms with Gasteiger partial charge in [0.05, 0.1) is 17.6 Å². The highest BCUT2D eigenvalue weighted by atomic mass is 32.2. The van der Waals surface area contributed by atoms with Crippen LogP contribution in [0, 0.1) is 6.92 Å². The highest BCUT2D eigenvalue weighted by molar-refractivity contribution is 7.99. The molecule has 6 nitrogen and oxygen atoms in total. The van der Waals surface area contributed by atoms with Gasteiger partial charge in [0.1, 0.15) is 5.76 Å². The fraction of sp³-hybridized carbons (Fsp3) is 0.350. The predicted octanol–water partition coefficient (Wildman–Crippen LogP) is 4.63. The van der Waals surface area contributed by atoms with E-state index in [2.05, 4.69) is 41.5 Å². The van der Waals surface area contributed by atoms with Crippen LogP contribution < -0.4 is 5.32 Å². The zero-order valence-electron chi connectivity index (χ0n) is 16.0. The van der Waals surface area contributed by atoms with Crippen molar-refractivity contribution in [3.05, 3.63) is 47.9 Å². The van der Waals surface area contributed by atoms with Crippen molar-refractivity contribution in [1.82, 2.24) is 14.8 Å². The number of thioether (sulfide) groups is 1. The number of carbonyl (C=O) groups excluding carboxylic acids is 1. The number of hydrogen-bond acceptors (Lipinski definition) is 5. The van der Waals surface area contributed by atoms with Gasteiger partial charge in [0.25, 0.3) is 0 Å². The van der Waals surface area contributed by atoms with Gasteiger partial charge in [-0.1, -0.05) is 37.7 Å². The molecule has 0 bridgehead atoms. The molecular weight excluding hydrogens is 360 g/mol. The third kappa shape index (κ3) is 4.42. The topological polar surface area (TPSA) is 73.0 Å². The van der Waals surface area contributed by atoms with E-state index in [-0.39, 0.29) is 11.7 Å². The largest absolute Gasteiger partial charge is 0.469 e. The Labute approximate surface area is 163 Å². The van der Waals surface area contributed by atoms with Gasteiger partial charge in [-0.05, 0) is 43.0 Å². The standard InChI is InChI=1S/C20H24N4O2S/c1-5-13(2)15-6-8-16(9-7-15)21-18(25)12-27-20-23-22-19(24(20)4)17-10-11-26-14(17)3/h6-11,13H,5,12H2,1-4H3,(H,21,25). The van der Waals surface area contributed by atoms with Gasteiger partial charge >= 0.3 is 0 Å². The molecule has 1 aromatic carbocycles. The number of hydrogen-bond donors (Lipinski definition) is 1. The van der Waals surface area contributed by atoms with Gasteiger partial charge < -0.3 is 14.3 Å². The summed E-state index contributed by atoms with van der Waals surface area (Å²) in [4.78, 5) is 12.3. The van der Waals surface area contributed by atoms with Crippen molar-refractivity contribution in [3.8, 4) is 11.4 Å². The molecule has 1 N–H and O–H groups in total. The maximum atomic E-state index is 12.3. The lowest BCUT2D eigenvalue weighted by Gasteiger charge is -2.10. The van der Waals surface area contributed by atoms with Crippen LogP contribution in [0.1, 0.15) is 37.5 Å². The normalized spacial score (nSPS) is 12.1. The number of aromatic nitrogens is 3. The summed E-state index contributed by atoms with van der Waals surface area (Å²) in [6.07, 6.45) is 2.73. The van der Waals surface area contributed by atoms with Crippen molar-refractivity contribution in [2.75, 3.05) is 11.1 Å². The maximum Gasteiger partial charge on any atom is 0.234 e. The van der Waals surface area contributed by atoms with E-state index < -0.39 is 0 Å². The second-order valence-corrected chi connectivity index (χ2v) is 7.47. The molecule has 142 valence electrons. The summed E-state index contributed by atoms with van der Waals surface area (Å²) < 4.78 is 7.20. The van der Waals surface area contributed by atoms with Crippen LogP contribution in [0.3, 0.4) is 0 Å². The Morgan fingerprint density at radius 2 is 2.00 bits per heavy atom. The fourth-order valence-electron chi connectivity index (χ4n) is 2.75. The van der Waals surface area contributed by atoms with Crippen LogP contribution in [-0.2, 0) is 11.8 Å². The molecule has 2 aromatic heterocycles. The van der Waals surface area contributed by atoms with Crippen LogP contribution in [0.4, 0.5) is 5.69 Å². The van der Waals surface area contributed by atoms with E-state index in [1.54, 1.807) is 6.26 Å². The molecule has 3 aromatic rings. The van der Waals surface area contributed by atoms with Crippen LogP contribution in [0.15, 0.2) is 46.2 Å². The van der Waals surface area contributed by atoms with Crippen molar-refractivity contribution in [3.63, 3.8) is 0 Å². The van der Waals surface area contributed by atoms with Crippen molar-refractivity contribution in [2.24, 2.45) is 7.05 Å². The molecular formula is C20H24N4O2S. The van der Waals surface area contributed by atoms with E-state index in [4.69, 9.17) is 4.42 Å². The Bertz CT molecular complexity index is 914. The van der Waals surface area contributed by atoms with Gasteiger partial charge in [-0.2, -0.15) is 0 Å². The van der Waals surface area contributed by atoms with Crippen LogP contribution in [0.2, 0.25) is 0 Å². The van der Waals surface area contributed by atoms with Crippen molar-refractivity contribution >= 4 is 23.4 Å². The van der Waals surface area contributed by atoms with Gasteiger partial charge in [-0.25, -0.2) is 0 Å². The van der Waals surface area contributed by atoms with E-state index in [1.807, 2.05) is 36.7 Å². The lowest BCUT2D eigenvalue weighted by molar-refractivity contribution is -0.113. The first kappa shape index (κ1) is 19.2. The highest BCUT2D eigenvalue weighted by Crippen LogP contribution is 2.26. The minimum atomic E-state index is -0.0691. The predicted molar refractivity (Wildman–Crippen MR) is 108 cm³/mol. The van der Waals surface area contributed by atoms with Crippen molar-refractivity contribution < 1.29 is 9.21 Å². The monoisotopic (exact) mass is 384 g/mol. The zero-order valence-corrected chi connectivity index (χ0v) is 16.8. The summed E-state index contributed by atoms with van der Waals surface area (Å²) in [7, 11) is 1.88. The average molecular weight is 385 g/mol. The van der Waals surface area contributed by atoms with Crippen LogP contribution in [0.25, 0.3) is 11.4 Å². The number of nitrogens with one attached hydrogen (secondary N) is 1. The molecule has 2 heterocycles. The van der Waals surface area contributed by atoms with Gasteiger partial charge in [0.15, 0.2) is 11.0 Å². The highest BCUT2D eigenvalue weighted by Gasteiger charge is 2.16. The molecule has 0 aliphatic carbocycles. The number of rotatable bonds is 7. The first-order valence-electron chi connectivity index (χ1n) is 8.96. The molecule has 0 spiro atoms. The minimum absolute atomic E-state index is 0.0691. The second-order valence-electron chi connectivity index (χ2n) is 6.52. The number of aryl methyl sites for hydroxylation is 1. The van der Waals surface area contributed by atoms with E-state index in [0.717, 1.165) is 29.3 Å². The summed E-state index contributed by atoms with van der Waals surface area (Å²) in [5.41, 5.74) is 2.99. The minimum Gasteiger partial charge on any atom is -0.469 e. The average Bonchev–Trinajstić information content (AvgIpc) is 3.25. The number of nitrogens with zero attached hydrogens (tertiary/aromatic N) is 3. The van der Waals surface area contributed by atoms with E-state index >= 15 is 0 Å². The van der Waals surface area contributed by atoms with E-state index in [9.17, 15) is 4.79 Å². The molecule has 0 radical (unpaired) electrons. The molecule has 1 amide bonds. The first-order valence-corrected chi connectivity index (χ1v) is 9.94. The molecule has 7 heteroatoms. The second kappa shape index (κ2) is 8.43. The van der Waals surface area contributed by atoms with E-state index in [1.165, 1.54) is 17.3 Å². The van der Waals surface area contributed by atoms with Gasteiger partial charge in [0, 0.05) is 12.7 Å². The summed E-state index contributed by atoms with van der Waals surface area (Å²) in [6, 6.07) is 9.90. The molecule has 3 rings (SSSR count). The zero-order chi connectivity index (χ0) is 19.4. The van der Waals surface area contributed by atoms with Crippen molar-refractivity contribution in [1.29, 1.82) is 0 Å². The van der Waals surface area contributed by atoms with Gasteiger partial charge in [-0.3, -0.25) is 4.79 Å². The van der Waals surface area contributed by atoms with Crippen LogP contribution >= 0.6 is 11.8 Å². The molecule has 27 heavy (non-hydrogen) atoms. The number of carbonyl (C=O) groups is 1.